The minimum absolute atomic E-state index is 0.165. The number of nitrogens with one attached hydrogen (secondary N) is 2. The number of hydrogen-bond donors (Lipinski definition) is 2. The topological polar surface area (TPSA) is 56.7 Å². The van der Waals surface area contributed by atoms with Crippen LogP contribution in [0.2, 0.25) is 0 Å². The molecule has 0 aromatic carbocycles. The number of nitrogens with zero attached hydrogens (tertiary/aromatic N) is 2. The fourth-order valence-corrected chi connectivity index (χ4v) is 3.79. The number of aliphatic imine (C=N–C) groups is 1. The molecule has 5 heteroatoms. The molecule has 1 aliphatic heterocycles. The third-order valence-corrected chi connectivity index (χ3v) is 5.42. The van der Waals surface area contributed by atoms with Crippen LogP contribution in [0.15, 0.2) is 4.99 Å². The van der Waals surface area contributed by atoms with Gasteiger partial charge < -0.3 is 15.5 Å². The Morgan fingerprint density at radius 1 is 1.26 bits per heavy atom. The second-order valence-electron chi connectivity index (χ2n) is 7.50. The van der Waals surface area contributed by atoms with Crippen LogP contribution in [0.4, 0.5) is 0 Å². The van der Waals surface area contributed by atoms with Crippen molar-refractivity contribution in [2.75, 3.05) is 33.2 Å². The average Bonchev–Trinajstić information content (AvgIpc) is 2.99. The van der Waals surface area contributed by atoms with E-state index in [0.29, 0.717) is 17.8 Å². The third-order valence-electron chi connectivity index (χ3n) is 5.42. The highest BCUT2D eigenvalue weighted by atomic mass is 16.1. The van der Waals surface area contributed by atoms with Crippen molar-refractivity contribution in [1.29, 1.82) is 0 Å². The summed E-state index contributed by atoms with van der Waals surface area (Å²) in [6.07, 6.45) is 8.15. The molecule has 2 N–H and O–H groups in total. The molecule has 0 radical (unpaired) electrons. The number of carbonyl (C=O) groups is 1. The van der Waals surface area contributed by atoms with Gasteiger partial charge in [-0.25, -0.2) is 0 Å². The van der Waals surface area contributed by atoms with Crippen LogP contribution in [0, 0.1) is 11.3 Å². The maximum absolute atomic E-state index is 11.5. The number of carbonyl (C=O) groups excluding carboxylic acids is 1. The van der Waals surface area contributed by atoms with Crippen LogP contribution in [-0.4, -0.2) is 50.0 Å². The van der Waals surface area contributed by atoms with Gasteiger partial charge in [0, 0.05) is 39.6 Å². The molecule has 5 nitrogen and oxygen atoms in total. The average molecular weight is 322 g/mol. The Labute approximate surface area is 141 Å². The Hall–Kier alpha value is -1.26. The molecule has 1 saturated carbocycles. The van der Waals surface area contributed by atoms with Gasteiger partial charge in [0.05, 0.1) is 0 Å². The summed E-state index contributed by atoms with van der Waals surface area (Å²) in [6.45, 7) is 8.36. The predicted molar refractivity (Wildman–Crippen MR) is 95.5 cm³/mol. The highest BCUT2D eigenvalue weighted by molar-refractivity contribution is 5.80. The van der Waals surface area contributed by atoms with Crippen LogP contribution in [0.5, 0.6) is 0 Å². The summed E-state index contributed by atoms with van der Waals surface area (Å²) in [5, 5.41) is 6.19. The van der Waals surface area contributed by atoms with Crippen molar-refractivity contribution in [3.63, 3.8) is 0 Å². The van der Waals surface area contributed by atoms with Crippen LogP contribution in [0.3, 0.4) is 0 Å². The standard InChI is InChI=1S/C18H34N4O/c1-4-20-17(21-14-18(2)9-5-6-10-18)22-11-7-15(8-12-22)13-16(23)19-3/h15H,4-14H2,1-3H3,(H,19,23)(H,20,21). The minimum atomic E-state index is 0.165. The van der Waals surface area contributed by atoms with E-state index < -0.39 is 0 Å². The first-order valence-electron chi connectivity index (χ1n) is 9.30. The van der Waals surface area contributed by atoms with Gasteiger partial charge in [-0.05, 0) is 43.9 Å². The summed E-state index contributed by atoms with van der Waals surface area (Å²) in [4.78, 5) is 18.8. The van der Waals surface area contributed by atoms with Gasteiger partial charge in [-0.3, -0.25) is 9.79 Å². The quantitative estimate of drug-likeness (QED) is 0.603. The second-order valence-corrected chi connectivity index (χ2v) is 7.50. The lowest BCUT2D eigenvalue weighted by molar-refractivity contribution is -0.121. The molecule has 0 atom stereocenters. The van der Waals surface area contributed by atoms with Crippen LogP contribution in [-0.2, 0) is 4.79 Å². The molecule has 0 unspecified atom stereocenters. The van der Waals surface area contributed by atoms with E-state index in [1.54, 1.807) is 7.05 Å². The van der Waals surface area contributed by atoms with Crippen molar-refractivity contribution in [2.45, 2.75) is 58.8 Å². The highest BCUT2D eigenvalue weighted by Crippen LogP contribution is 2.37. The molecule has 0 aromatic heterocycles. The molecule has 0 bridgehead atoms. The fraction of sp³-hybridized carbons (Fsp3) is 0.889. The van der Waals surface area contributed by atoms with E-state index in [2.05, 4.69) is 29.4 Å². The molecule has 1 aliphatic carbocycles. The van der Waals surface area contributed by atoms with Gasteiger partial charge >= 0.3 is 0 Å². The summed E-state index contributed by atoms with van der Waals surface area (Å²) in [7, 11) is 1.72. The van der Waals surface area contributed by atoms with Crippen molar-refractivity contribution in [2.24, 2.45) is 16.3 Å². The number of piperidine rings is 1. The van der Waals surface area contributed by atoms with Gasteiger partial charge in [0.15, 0.2) is 5.96 Å². The lowest BCUT2D eigenvalue weighted by atomic mass is 9.89. The van der Waals surface area contributed by atoms with Crippen LogP contribution in [0.25, 0.3) is 0 Å². The van der Waals surface area contributed by atoms with Crippen LogP contribution >= 0.6 is 0 Å². The molecule has 2 fully saturated rings. The fourth-order valence-electron chi connectivity index (χ4n) is 3.79. The Bertz CT molecular complexity index is 407. The molecule has 0 spiro atoms. The van der Waals surface area contributed by atoms with E-state index in [-0.39, 0.29) is 5.91 Å². The summed E-state index contributed by atoms with van der Waals surface area (Å²) >= 11 is 0. The van der Waals surface area contributed by atoms with Gasteiger partial charge in [-0.2, -0.15) is 0 Å². The number of likely N-dealkylation sites (tertiary alicyclic amines) is 1. The zero-order valence-corrected chi connectivity index (χ0v) is 15.2. The number of rotatable bonds is 5. The van der Waals surface area contributed by atoms with E-state index in [9.17, 15) is 4.79 Å². The molecule has 1 saturated heterocycles. The van der Waals surface area contributed by atoms with Crippen LogP contribution in [0.1, 0.15) is 58.8 Å². The van der Waals surface area contributed by atoms with E-state index >= 15 is 0 Å². The second kappa shape index (κ2) is 8.55. The summed E-state index contributed by atoms with van der Waals surface area (Å²) in [6, 6.07) is 0. The smallest absolute Gasteiger partial charge is 0.220 e. The monoisotopic (exact) mass is 322 g/mol. The number of amides is 1. The molecular formula is C18H34N4O. The molecule has 132 valence electrons. The highest BCUT2D eigenvalue weighted by Gasteiger charge is 2.29. The summed E-state index contributed by atoms with van der Waals surface area (Å²) in [5.74, 6) is 1.75. The predicted octanol–water partition coefficient (Wildman–Crippen LogP) is 2.38. The Kier molecular flexibility index (Phi) is 6.72. The lowest BCUT2D eigenvalue weighted by Gasteiger charge is -2.34. The van der Waals surface area contributed by atoms with Gasteiger partial charge in [0.1, 0.15) is 0 Å². The minimum Gasteiger partial charge on any atom is -0.359 e. The number of hydrogen-bond acceptors (Lipinski definition) is 2. The van der Waals surface area contributed by atoms with Crippen LogP contribution < -0.4 is 10.6 Å². The summed E-state index contributed by atoms with van der Waals surface area (Å²) < 4.78 is 0. The molecule has 2 rings (SSSR count). The van der Waals surface area contributed by atoms with E-state index in [4.69, 9.17) is 4.99 Å². The summed E-state index contributed by atoms with van der Waals surface area (Å²) in [5.41, 5.74) is 0.401. The van der Waals surface area contributed by atoms with Crippen molar-refractivity contribution < 1.29 is 4.79 Å². The first-order valence-corrected chi connectivity index (χ1v) is 9.30. The molecule has 1 heterocycles. The Morgan fingerprint density at radius 2 is 1.91 bits per heavy atom. The van der Waals surface area contributed by atoms with Crippen molar-refractivity contribution in [1.82, 2.24) is 15.5 Å². The Morgan fingerprint density at radius 3 is 2.48 bits per heavy atom. The van der Waals surface area contributed by atoms with Crippen molar-refractivity contribution in [3.05, 3.63) is 0 Å². The van der Waals surface area contributed by atoms with Gasteiger partial charge in [0.2, 0.25) is 5.91 Å². The van der Waals surface area contributed by atoms with Crippen molar-refractivity contribution in [3.8, 4) is 0 Å². The molecule has 2 aliphatic rings. The van der Waals surface area contributed by atoms with E-state index in [1.807, 2.05) is 0 Å². The van der Waals surface area contributed by atoms with Gasteiger partial charge in [0.25, 0.3) is 0 Å². The molecule has 1 amide bonds. The SMILES string of the molecule is CCNC(=NCC1(C)CCCC1)N1CCC(CC(=O)NC)CC1. The van der Waals surface area contributed by atoms with Crippen molar-refractivity contribution >= 4 is 11.9 Å². The largest absolute Gasteiger partial charge is 0.359 e. The first-order chi connectivity index (χ1) is 11.1. The number of guanidine groups is 1. The lowest BCUT2D eigenvalue weighted by Crippen LogP contribution is -2.46. The normalized spacial score (nSPS) is 22.2. The van der Waals surface area contributed by atoms with Gasteiger partial charge in [-0.15, -0.1) is 0 Å². The van der Waals surface area contributed by atoms with Gasteiger partial charge in [-0.1, -0.05) is 19.8 Å². The van der Waals surface area contributed by atoms with E-state index in [1.165, 1.54) is 25.7 Å². The molecule has 0 aromatic rings. The zero-order chi connectivity index (χ0) is 16.7. The molecule has 23 heavy (non-hydrogen) atoms. The van der Waals surface area contributed by atoms with E-state index in [0.717, 1.165) is 45.0 Å². The zero-order valence-electron chi connectivity index (χ0n) is 15.2. The molecular weight excluding hydrogens is 288 g/mol. The Balaban J connectivity index is 1.87. The maximum Gasteiger partial charge on any atom is 0.220 e. The first kappa shape index (κ1) is 18.1. The third kappa shape index (κ3) is 5.40. The maximum atomic E-state index is 11.5.